The van der Waals surface area contributed by atoms with Gasteiger partial charge in [-0.2, -0.15) is 0 Å². The van der Waals surface area contributed by atoms with Crippen LogP contribution in [0.15, 0.2) is 69.9 Å². The fraction of sp³-hybridized carbons (Fsp3) is 0.0455. The summed E-state index contributed by atoms with van der Waals surface area (Å²) in [4.78, 5) is 33.2. The van der Waals surface area contributed by atoms with Crippen LogP contribution in [0.25, 0.3) is 22.6 Å². The van der Waals surface area contributed by atoms with Crippen molar-refractivity contribution in [2.75, 3.05) is 10.6 Å². The molecule has 0 aliphatic heterocycles. The molecule has 0 saturated heterocycles. The van der Waals surface area contributed by atoms with E-state index in [0.29, 0.717) is 27.2 Å². The van der Waals surface area contributed by atoms with Gasteiger partial charge >= 0.3 is 0 Å². The second-order valence-electron chi connectivity index (χ2n) is 6.80. The number of carbonyl (C=O) groups excluding carboxylic acids is 2. The van der Waals surface area contributed by atoms with Crippen LogP contribution in [0.3, 0.4) is 0 Å². The maximum absolute atomic E-state index is 12.8. The number of nitrogens with one attached hydrogen (secondary N) is 3. The quantitative estimate of drug-likeness (QED) is 0.349. The molecule has 0 spiro atoms. The van der Waals surface area contributed by atoms with Gasteiger partial charge in [-0.3, -0.25) is 9.59 Å². The van der Waals surface area contributed by atoms with E-state index in [4.69, 9.17) is 8.83 Å². The Labute approximate surface area is 179 Å². The molecule has 3 N–H and O–H groups in total. The molecule has 0 unspecified atom stereocenters. The molecule has 8 nitrogen and oxygen atoms in total. The number of carbonyl (C=O) groups is 2. The molecule has 5 aromatic rings. The van der Waals surface area contributed by atoms with Crippen molar-refractivity contribution >= 4 is 44.9 Å². The molecule has 31 heavy (non-hydrogen) atoms. The van der Waals surface area contributed by atoms with Gasteiger partial charge in [-0.05, 0) is 61.0 Å². The predicted octanol–water partition coefficient (Wildman–Crippen LogP) is 5.29. The molecule has 0 atom stereocenters. The van der Waals surface area contributed by atoms with Gasteiger partial charge in [0, 0.05) is 5.69 Å². The number of imidazole rings is 1. The summed E-state index contributed by atoms with van der Waals surface area (Å²) in [6.07, 6.45) is 3.02. The number of anilines is 2. The Morgan fingerprint density at radius 3 is 2.61 bits per heavy atom. The number of aromatic amines is 1. The molecule has 0 fully saturated rings. The normalized spacial score (nSPS) is 11.0. The van der Waals surface area contributed by atoms with Gasteiger partial charge in [0.15, 0.2) is 17.3 Å². The van der Waals surface area contributed by atoms with Crippen molar-refractivity contribution in [2.45, 2.75) is 6.92 Å². The van der Waals surface area contributed by atoms with E-state index < -0.39 is 0 Å². The number of aromatic nitrogens is 2. The van der Waals surface area contributed by atoms with E-state index in [0.717, 1.165) is 16.6 Å². The van der Waals surface area contributed by atoms with E-state index in [1.54, 1.807) is 36.6 Å². The van der Waals surface area contributed by atoms with Crippen LogP contribution < -0.4 is 10.6 Å². The fourth-order valence-electron chi connectivity index (χ4n) is 3.16. The Balaban J connectivity index is 1.33. The highest BCUT2D eigenvalue weighted by atomic mass is 32.1. The minimum Gasteiger partial charge on any atom is -0.461 e. The van der Waals surface area contributed by atoms with Crippen molar-refractivity contribution in [1.29, 1.82) is 0 Å². The van der Waals surface area contributed by atoms with Gasteiger partial charge in [-0.25, -0.2) is 4.98 Å². The zero-order valence-electron chi connectivity index (χ0n) is 16.3. The molecule has 5 rings (SSSR count). The zero-order valence-corrected chi connectivity index (χ0v) is 17.1. The molecule has 0 saturated carbocycles. The lowest BCUT2D eigenvalue weighted by Gasteiger charge is -2.04. The van der Waals surface area contributed by atoms with E-state index in [1.165, 1.54) is 17.6 Å². The first-order valence-electron chi connectivity index (χ1n) is 9.37. The number of hydrogen-bond donors (Lipinski definition) is 3. The average Bonchev–Trinajstić information content (AvgIpc) is 3.53. The number of thiophene rings is 1. The van der Waals surface area contributed by atoms with Crippen molar-refractivity contribution in [2.24, 2.45) is 0 Å². The third-order valence-corrected chi connectivity index (χ3v) is 5.75. The SMILES string of the molecule is Cc1cc(NC(=O)c2ccco2)sc1C(=O)Nc1ccc2nc(-c3ccco3)[nH]c2c1. The first-order valence-corrected chi connectivity index (χ1v) is 10.2. The van der Waals surface area contributed by atoms with Crippen molar-refractivity contribution in [3.05, 3.63) is 77.3 Å². The summed E-state index contributed by atoms with van der Waals surface area (Å²) in [6.45, 7) is 1.82. The molecular formula is C22H16N4O4S. The zero-order chi connectivity index (χ0) is 21.4. The summed E-state index contributed by atoms with van der Waals surface area (Å²) < 4.78 is 10.5. The van der Waals surface area contributed by atoms with Crippen LogP contribution in [0, 0.1) is 6.92 Å². The Bertz CT molecular complexity index is 1380. The Hall–Kier alpha value is -4.11. The monoisotopic (exact) mass is 432 g/mol. The number of hydrogen-bond acceptors (Lipinski definition) is 6. The number of nitrogens with zero attached hydrogens (tertiary/aromatic N) is 1. The summed E-state index contributed by atoms with van der Waals surface area (Å²) in [5.41, 5.74) is 2.93. The largest absolute Gasteiger partial charge is 0.461 e. The Kier molecular flexibility index (Phi) is 4.64. The number of furan rings is 2. The van der Waals surface area contributed by atoms with Crippen LogP contribution in [0.1, 0.15) is 25.8 Å². The Morgan fingerprint density at radius 2 is 1.84 bits per heavy atom. The maximum Gasteiger partial charge on any atom is 0.291 e. The smallest absolute Gasteiger partial charge is 0.291 e. The van der Waals surface area contributed by atoms with Crippen molar-refractivity contribution in [3.63, 3.8) is 0 Å². The molecular weight excluding hydrogens is 416 g/mol. The second kappa shape index (κ2) is 7.62. The number of aryl methyl sites for hydroxylation is 1. The lowest BCUT2D eigenvalue weighted by molar-refractivity contribution is 0.0995. The molecule has 4 aromatic heterocycles. The van der Waals surface area contributed by atoms with Gasteiger partial charge < -0.3 is 24.5 Å². The molecule has 2 amide bonds. The van der Waals surface area contributed by atoms with Crippen molar-refractivity contribution in [3.8, 4) is 11.6 Å². The van der Waals surface area contributed by atoms with E-state index in [-0.39, 0.29) is 17.6 Å². The predicted molar refractivity (Wildman–Crippen MR) is 117 cm³/mol. The van der Waals surface area contributed by atoms with Gasteiger partial charge in [-0.1, -0.05) is 0 Å². The highest BCUT2D eigenvalue weighted by Crippen LogP contribution is 2.29. The molecule has 1 aromatic carbocycles. The van der Waals surface area contributed by atoms with Gasteiger partial charge in [-0.15, -0.1) is 11.3 Å². The highest BCUT2D eigenvalue weighted by Gasteiger charge is 2.17. The van der Waals surface area contributed by atoms with Crippen LogP contribution in [0.4, 0.5) is 10.7 Å². The fourth-order valence-corrected chi connectivity index (χ4v) is 4.12. The third-order valence-electron chi connectivity index (χ3n) is 4.60. The topological polar surface area (TPSA) is 113 Å². The highest BCUT2D eigenvalue weighted by molar-refractivity contribution is 7.18. The number of H-pyrrole nitrogens is 1. The first kappa shape index (κ1) is 18.9. The van der Waals surface area contributed by atoms with Crippen LogP contribution in [0.5, 0.6) is 0 Å². The van der Waals surface area contributed by atoms with Gasteiger partial charge in [0.2, 0.25) is 0 Å². The van der Waals surface area contributed by atoms with Crippen molar-refractivity contribution in [1.82, 2.24) is 9.97 Å². The van der Waals surface area contributed by atoms with E-state index >= 15 is 0 Å². The minimum absolute atomic E-state index is 0.207. The number of fused-ring (bicyclic) bond motifs is 1. The van der Waals surface area contributed by atoms with E-state index in [1.807, 2.05) is 25.1 Å². The minimum atomic E-state index is -0.365. The first-order chi connectivity index (χ1) is 15.1. The van der Waals surface area contributed by atoms with Crippen molar-refractivity contribution < 1.29 is 18.4 Å². The second-order valence-corrected chi connectivity index (χ2v) is 7.86. The van der Waals surface area contributed by atoms with Crippen LogP contribution in [-0.4, -0.2) is 21.8 Å². The van der Waals surface area contributed by atoms with Gasteiger partial charge in [0.1, 0.15) is 0 Å². The molecule has 0 aliphatic carbocycles. The summed E-state index contributed by atoms with van der Waals surface area (Å²) >= 11 is 1.20. The average molecular weight is 432 g/mol. The van der Waals surface area contributed by atoms with Crippen LogP contribution in [-0.2, 0) is 0 Å². The van der Waals surface area contributed by atoms with Gasteiger partial charge in [0.25, 0.3) is 11.8 Å². The van der Waals surface area contributed by atoms with Crippen LogP contribution >= 0.6 is 11.3 Å². The Morgan fingerprint density at radius 1 is 1.00 bits per heavy atom. The number of rotatable bonds is 5. The molecule has 154 valence electrons. The number of amides is 2. The number of benzene rings is 1. The molecule has 9 heteroatoms. The molecule has 4 heterocycles. The molecule has 0 bridgehead atoms. The maximum atomic E-state index is 12.8. The lowest BCUT2D eigenvalue weighted by atomic mass is 10.2. The van der Waals surface area contributed by atoms with Crippen LogP contribution in [0.2, 0.25) is 0 Å². The summed E-state index contributed by atoms with van der Waals surface area (Å²) in [6, 6.07) is 14.0. The van der Waals surface area contributed by atoms with E-state index in [2.05, 4.69) is 20.6 Å². The summed E-state index contributed by atoms with van der Waals surface area (Å²) in [5.74, 6) is 0.842. The third kappa shape index (κ3) is 3.74. The lowest BCUT2D eigenvalue weighted by Crippen LogP contribution is -2.11. The molecule has 0 radical (unpaired) electrons. The standard InChI is InChI=1S/C22H16N4O4S/c1-12-10-18(26-21(27)17-5-3-9-30-17)31-19(12)22(28)23-13-6-7-14-15(11-13)25-20(24-14)16-4-2-8-29-16/h2-11H,1H3,(H,23,28)(H,24,25)(H,26,27). The molecule has 0 aliphatic rings. The van der Waals surface area contributed by atoms with E-state index in [9.17, 15) is 9.59 Å². The van der Waals surface area contributed by atoms with Gasteiger partial charge in [0.05, 0.1) is 33.4 Å². The summed E-state index contributed by atoms with van der Waals surface area (Å²) in [7, 11) is 0. The summed E-state index contributed by atoms with van der Waals surface area (Å²) in [5, 5.41) is 6.21.